The summed E-state index contributed by atoms with van der Waals surface area (Å²) < 4.78 is 6.50. The predicted octanol–water partition coefficient (Wildman–Crippen LogP) is 4.90. The molecule has 0 aliphatic heterocycles. The Morgan fingerprint density at radius 3 is 2.44 bits per heavy atom. The molecule has 0 saturated carbocycles. The highest BCUT2D eigenvalue weighted by Crippen LogP contribution is 2.27. The lowest BCUT2D eigenvalue weighted by molar-refractivity contribution is 0.608. The van der Waals surface area contributed by atoms with Crippen LogP contribution in [-0.2, 0) is 0 Å². The maximum absolute atomic E-state index is 5.74. The minimum absolute atomic E-state index is 0.761. The summed E-state index contributed by atoms with van der Waals surface area (Å²) in [5.41, 5.74) is 0.878. The van der Waals surface area contributed by atoms with E-state index in [1.54, 1.807) is 11.8 Å². The predicted molar refractivity (Wildman–Crippen MR) is 80.2 cm³/mol. The first-order valence-corrected chi connectivity index (χ1v) is 6.81. The van der Waals surface area contributed by atoms with Crippen LogP contribution in [0, 0.1) is 0 Å². The third-order valence-electron chi connectivity index (χ3n) is 2.58. The van der Waals surface area contributed by atoms with Gasteiger partial charge in [-0.1, -0.05) is 60.4 Å². The van der Waals surface area contributed by atoms with E-state index in [9.17, 15) is 0 Å². The van der Waals surface area contributed by atoms with Gasteiger partial charge in [0.25, 0.3) is 0 Å². The molecule has 0 spiro atoms. The molecule has 3 aromatic rings. The second-order valence-electron chi connectivity index (χ2n) is 3.85. The average Bonchev–Trinajstić information content (AvgIpc) is 2.84. The highest BCUT2D eigenvalue weighted by molar-refractivity contribution is 8.23. The third kappa shape index (κ3) is 2.33. The monoisotopic (exact) mass is 270 g/mol. The Morgan fingerprint density at radius 2 is 1.67 bits per heavy atom. The van der Waals surface area contributed by atoms with Crippen molar-refractivity contribution in [1.82, 2.24) is 0 Å². The zero-order chi connectivity index (χ0) is 12.4. The zero-order valence-electron chi connectivity index (χ0n) is 9.50. The van der Waals surface area contributed by atoms with Crippen LogP contribution in [0.1, 0.15) is 5.76 Å². The van der Waals surface area contributed by atoms with Crippen molar-refractivity contribution in [3.05, 3.63) is 66.4 Å². The zero-order valence-corrected chi connectivity index (χ0v) is 11.1. The number of hydrogen-bond acceptors (Lipinski definition) is 3. The van der Waals surface area contributed by atoms with Gasteiger partial charge in [-0.05, 0) is 24.3 Å². The van der Waals surface area contributed by atoms with Gasteiger partial charge in [-0.3, -0.25) is 0 Å². The minimum Gasteiger partial charge on any atom is -0.455 e. The molecule has 0 fully saturated rings. The topological polar surface area (TPSA) is 13.1 Å². The van der Waals surface area contributed by atoms with Gasteiger partial charge in [0.05, 0.1) is 0 Å². The fourth-order valence-corrected chi connectivity index (χ4v) is 2.83. The van der Waals surface area contributed by atoms with E-state index in [0.717, 1.165) is 25.8 Å². The molecule has 0 N–H and O–H groups in total. The van der Waals surface area contributed by atoms with Crippen molar-refractivity contribution in [2.75, 3.05) is 0 Å². The van der Waals surface area contributed by atoms with E-state index in [-0.39, 0.29) is 0 Å². The van der Waals surface area contributed by atoms with Crippen molar-refractivity contribution in [1.29, 1.82) is 0 Å². The number of thiocarbonyl (C=S) groups is 1. The molecular formula is C15H10OS2. The molecule has 3 heteroatoms. The molecule has 2 aromatic carbocycles. The molecule has 0 atom stereocenters. The summed E-state index contributed by atoms with van der Waals surface area (Å²) in [6.07, 6.45) is 0. The van der Waals surface area contributed by atoms with Gasteiger partial charge in [0.1, 0.15) is 9.78 Å². The molecule has 0 unspecified atom stereocenters. The Balaban J connectivity index is 1.88. The van der Waals surface area contributed by atoms with Gasteiger partial charge < -0.3 is 4.42 Å². The summed E-state index contributed by atoms with van der Waals surface area (Å²) in [7, 11) is 0. The van der Waals surface area contributed by atoms with Crippen LogP contribution in [-0.4, -0.2) is 4.20 Å². The van der Waals surface area contributed by atoms with Crippen molar-refractivity contribution in [3.8, 4) is 0 Å². The third-order valence-corrected chi connectivity index (χ3v) is 3.93. The molecule has 18 heavy (non-hydrogen) atoms. The number of rotatable bonds is 2. The summed E-state index contributed by atoms with van der Waals surface area (Å²) >= 11 is 6.96. The van der Waals surface area contributed by atoms with Crippen LogP contribution in [0.15, 0.2) is 70.0 Å². The van der Waals surface area contributed by atoms with E-state index >= 15 is 0 Å². The number of para-hydroxylation sites is 1. The lowest BCUT2D eigenvalue weighted by atomic mass is 10.2. The van der Waals surface area contributed by atoms with E-state index in [1.807, 2.05) is 60.7 Å². The minimum atomic E-state index is 0.761. The molecule has 0 bridgehead atoms. The number of fused-ring (bicyclic) bond motifs is 1. The summed E-state index contributed by atoms with van der Waals surface area (Å²) in [6.45, 7) is 0. The second-order valence-corrected chi connectivity index (χ2v) is 5.60. The molecule has 0 radical (unpaired) electrons. The molecule has 0 aliphatic carbocycles. The van der Waals surface area contributed by atoms with Crippen molar-refractivity contribution in [3.63, 3.8) is 0 Å². The highest BCUT2D eigenvalue weighted by atomic mass is 32.2. The fraction of sp³-hybridized carbons (Fsp3) is 0. The van der Waals surface area contributed by atoms with E-state index in [2.05, 4.69) is 0 Å². The van der Waals surface area contributed by atoms with Crippen LogP contribution in [0.2, 0.25) is 0 Å². The summed E-state index contributed by atoms with van der Waals surface area (Å²) in [5, 5.41) is 1.09. The fourth-order valence-electron chi connectivity index (χ4n) is 1.73. The number of benzene rings is 2. The largest absolute Gasteiger partial charge is 0.455 e. The van der Waals surface area contributed by atoms with E-state index < -0.39 is 0 Å². The Hall–Kier alpha value is -1.58. The van der Waals surface area contributed by atoms with Crippen LogP contribution in [0.25, 0.3) is 11.0 Å². The quantitative estimate of drug-likeness (QED) is 0.485. The Labute approximate surface area is 115 Å². The summed E-state index contributed by atoms with van der Waals surface area (Å²) in [6, 6.07) is 20.0. The van der Waals surface area contributed by atoms with Crippen LogP contribution in [0.5, 0.6) is 0 Å². The first-order valence-electron chi connectivity index (χ1n) is 5.59. The smallest absolute Gasteiger partial charge is 0.153 e. The Morgan fingerprint density at radius 1 is 0.944 bits per heavy atom. The first kappa shape index (κ1) is 11.5. The molecule has 1 nitrogen and oxygen atoms in total. The maximum atomic E-state index is 5.74. The summed E-state index contributed by atoms with van der Waals surface area (Å²) in [5.74, 6) is 0.764. The normalized spacial score (nSPS) is 10.7. The second kappa shape index (κ2) is 4.96. The van der Waals surface area contributed by atoms with Gasteiger partial charge in [0.15, 0.2) is 5.76 Å². The molecule has 3 rings (SSSR count). The highest BCUT2D eigenvalue weighted by Gasteiger charge is 2.09. The molecule has 1 heterocycles. The van der Waals surface area contributed by atoms with Gasteiger partial charge in [-0.15, -0.1) is 0 Å². The van der Waals surface area contributed by atoms with Crippen LogP contribution in [0.3, 0.4) is 0 Å². The van der Waals surface area contributed by atoms with Gasteiger partial charge in [-0.2, -0.15) is 0 Å². The van der Waals surface area contributed by atoms with E-state index in [0.29, 0.717) is 0 Å². The van der Waals surface area contributed by atoms with Crippen LogP contribution >= 0.6 is 24.0 Å². The standard InChI is InChI=1S/C15H10OS2/c17-15(18-12-7-2-1-3-8-12)14-10-11-6-4-5-9-13(11)16-14/h1-10H. The molecule has 1 aromatic heterocycles. The number of thioether (sulfide) groups is 1. The maximum Gasteiger partial charge on any atom is 0.153 e. The lowest BCUT2D eigenvalue weighted by Crippen LogP contribution is -1.87. The van der Waals surface area contributed by atoms with Crippen LogP contribution in [0.4, 0.5) is 0 Å². The first-order chi connectivity index (χ1) is 8.83. The van der Waals surface area contributed by atoms with Gasteiger partial charge >= 0.3 is 0 Å². The lowest BCUT2D eigenvalue weighted by Gasteiger charge is -1.99. The molecule has 0 aliphatic rings. The van der Waals surface area contributed by atoms with Crippen molar-refractivity contribution in [2.24, 2.45) is 0 Å². The van der Waals surface area contributed by atoms with Crippen LogP contribution < -0.4 is 0 Å². The number of furan rings is 1. The molecule has 0 saturated heterocycles. The van der Waals surface area contributed by atoms with Crippen molar-refractivity contribution >= 4 is 39.1 Å². The van der Waals surface area contributed by atoms with E-state index in [1.165, 1.54) is 0 Å². The van der Waals surface area contributed by atoms with Gasteiger partial charge in [-0.25, -0.2) is 0 Å². The van der Waals surface area contributed by atoms with Crippen molar-refractivity contribution in [2.45, 2.75) is 4.90 Å². The average molecular weight is 270 g/mol. The van der Waals surface area contributed by atoms with Gasteiger partial charge in [0, 0.05) is 10.3 Å². The van der Waals surface area contributed by atoms with E-state index in [4.69, 9.17) is 16.6 Å². The van der Waals surface area contributed by atoms with Gasteiger partial charge in [0.2, 0.25) is 0 Å². The number of hydrogen-bond donors (Lipinski definition) is 0. The SMILES string of the molecule is S=C(Sc1ccccc1)c1cc2ccccc2o1. The Kier molecular flexibility index (Phi) is 3.17. The molecule has 0 amide bonds. The Bertz CT molecular complexity index is 653. The van der Waals surface area contributed by atoms with Crippen molar-refractivity contribution < 1.29 is 4.42 Å². The molecule has 88 valence electrons. The summed E-state index contributed by atoms with van der Waals surface area (Å²) in [4.78, 5) is 1.13. The molecular weight excluding hydrogens is 260 g/mol.